The van der Waals surface area contributed by atoms with Gasteiger partial charge in [0.1, 0.15) is 0 Å². The van der Waals surface area contributed by atoms with E-state index in [1.165, 1.54) is 11.1 Å². The van der Waals surface area contributed by atoms with Gasteiger partial charge < -0.3 is 15.0 Å². The lowest BCUT2D eigenvalue weighted by Gasteiger charge is -2.14. The van der Waals surface area contributed by atoms with E-state index in [0.717, 1.165) is 19.7 Å². The highest BCUT2D eigenvalue weighted by atomic mass is 16.5. The summed E-state index contributed by atoms with van der Waals surface area (Å²) in [5.74, 6) is 0. The number of likely N-dealkylation sites (N-methyl/N-ethyl adjacent to an activating group) is 1. The van der Waals surface area contributed by atoms with Gasteiger partial charge in [0.25, 0.3) is 0 Å². The fourth-order valence-corrected chi connectivity index (χ4v) is 1.61. The molecule has 0 aliphatic carbocycles. The van der Waals surface area contributed by atoms with E-state index >= 15 is 0 Å². The van der Waals surface area contributed by atoms with Crippen molar-refractivity contribution in [3.63, 3.8) is 0 Å². The van der Waals surface area contributed by atoms with Crippen LogP contribution in [0.25, 0.3) is 0 Å². The molecule has 0 saturated heterocycles. The Labute approximate surface area is 111 Å². The van der Waals surface area contributed by atoms with E-state index in [2.05, 4.69) is 62.4 Å². The highest BCUT2D eigenvalue weighted by Crippen LogP contribution is 2.10. The molecule has 0 unspecified atom stereocenters. The molecule has 3 nitrogen and oxygen atoms in total. The molecular weight excluding hydrogens is 224 g/mol. The molecule has 1 aromatic rings. The molecule has 1 N–H and O–H groups in total. The Hall–Kier alpha value is -0.900. The Morgan fingerprint density at radius 2 is 1.83 bits per heavy atom. The summed E-state index contributed by atoms with van der Waals surface area (Å²) in [7, 11) is 4.12. The van der Waals surface area contributed by atoms with Gasteiger partial charge in [-0.15, -0.1) is 0 Å². The van der Waals surface area contributed by atoms with E-state index in [0.29, 0.717) is 12.6 Å². The van der Waals surface area contributed by atoms with Crippen LogP contribution in [0.15, 0.2) is 24.3 Å². The molecule has 0 bridgehead atoms. The van der Waals surface area contributed by atoms with Crippen LogP contribution in [-0.4, -0.2) is 38.2 Å². The van der Waals surface area contributed by atoms with E-state index in [9.17, 15) is 0 Å². The van der Waals surface area contributed by atoms with Crippen molar-refractivity contribution in [3.8, 4) is 0 Å². The highest BCUT2D eigenvalue weighted by Gasteiger charge is 2.02. The van der Waals surface area contributed by atoms with Crippen molar-refractivity contribution in [2.75, 3.05) is 27.2 Å². The van der Waals surface area contributed by atoms with Crippen molar-refractivity contribution in [1.29, 1.82) is 0 Å². The third-order valence-corrected chi connectivity index (χ3v) is 2.76. The van der Waals surface area contributed by atoms with Crippen molar-refractivity contribution in [2.45, 2.75) is 33.0 Å². The van der Waals surface area contributed by atoms with Crippen LogP contribution in [0.1, 0.15) is 25.0 Å². The SMILES string of the molecule is CC(C)NCc1ccccc1COCCN(C)C. The Kier molecular flexibility index (Phi) is 6.94. The van der Waals surface area contributed by atoms with Crippen LogP contribution >= 0.6 is 0 Å². The largest absolute Gasteiger partial charge is 0.375 e. The molecule has 0 atom stereocenters. The van der Waals surface area contributed by atoms with Gasteiger partial charge in [-0.3, -0.25) is 0 Å². The maximum Gasteiger partial charge on any atom is 0.0720 e. The molecule has 0 spiro atoms. The van der Waals surface area contributed by atoms with Crippen molar-refractivity contribution in [2.24, 2.45) is 0 Å². The lowest BCUT2D eigenvalue weighted by atomic mass is 10.1. The lowest BCUT2D eigenvalue weighted by Crippen LogP contribution is -2.22. The molecule has 1 rings (SSSR count). The van der Waals surface area contributed by atoms with Gasteiger partial charge in [0.2, 0.25) is 0 Å². The quantitative estimate of drug-likeness (QED) is 0.716. The minimum Gasteiger partial charge on any atom is -0.375 e. The van der Waals surface area contributed by atoms with E-state index in [-0.39, 0.29) is 0 Å². The van der Waals surface area contributed by atoms with Gasteiger partial charge in [-0.25, -0.2) is 0 Å². The summed E-state index contributed by atoms with van der Waals surface area (Å²) >= 11 is 0. The Morgan fingerprint density at radius 3 is 2.44 bits per heavy atom. The summed E-state index contributed by atoms with van der Waals surface area (Å²) in [5.41, 5.74) is 2.61. The van der Waals surface area contributed by atoms with E-state index < -0.39 is 0 Å². The molecule has 0 amide bonds. The van der Waals surface area contributed by atoms with Gasteiger partial charge in [-0.05, 0) is 25.2 Å². The van der Waals surface area contributed by atoms with Gasteiger partial charge in [-0.2, -0.15) is 0 Å². The molecule has 3 heteroatoms. The normalized spacial score (nSPS) is 11.4. The average molecular weight is 250 g/mol. The predicted molar refractivity (Wildman–Crippen MR) is 76.6 cm³/mol. The van der Waals surface area contributed by atoms with Gasteiger partial charge >= 0.3 is 0 Å². The fourth-order valence-electron chi connectivity index (χ4n) is 1.61. The van der Waals surface area contributed by atoms with Crippen molar-refractivity contribution in [3.05, 3.63) is 35.4 Å². The standard InChI is InChI=1S/C15H26N2O/c1-13(2)16-11-14-7-5-6-8-15(14)12-18-10-9-17(3)4/h5-8,13,16H,9-12H2,1-4H3. The zero-order chi connectivity index (χ0) is 13.4. The maximum absolute atomic E-state index is 5.71. The summed E-state index contributed by atoms with van der Waals surface area (Å²) in [4.78, 5) is 2.13. The first kappa shape index (κ1) is 15.2. The molecule has 0 fully saturated rings. The predicted octanol–water partition coefficient (Wildman–Crippen LogP) is 2.26. The molecule has 0 aromatic heterocycles. The molecule has 0 saturated carbocycles. The third kappa shape index (κ3) is 6.15. The first-order valence-electron chi connectivity index (χ1n) is 6.62. The number of rotatable bonds is 8. The summed E-state index contributed by atoms with van der Waals surface area (Å²) < 4.78 is 5.71. The van der Waals surface area contributed by atoms with Crippen LogP contribution in [-0.2, 0) is 17.9 Å². The molecule has 0 radical (unpaired) electrons. The number of hydrogen-bond acceptors (Lipinski definition) is 3. The first-order valence-corrected chi connectivity index (χ1v) is 6.62. The van der Waals surface area contributed by atoms with Gasteiger partial charge in [0, 0.05) is 19.1 Å². The van der Waals surface area contributed by atoms with E-state index in [1.54, 1.807) is 0 Å². The minimum atomic E-state index is 0.507. The monoisotopic (exact) mass is 250 g/mol. The van der Waals surface area contributed by atoms with Crippen molar-refractivity contribution < 1.29 is 4.74 Å². The number of hydrogen-bond donors (Lipinski definition) is 1. The topological polar surface area (TPSA) is 24.5 Å². The van der Waals surface area contributed by atoms with Gasteiger partial charge in [-0.1, -0.05) is 38.1 Å². The zero-order valence-corrected chi connectivity index (χ0v) is 12.1. The van der Waals surface area contributed by atoms with E-state index in [1.807, 2.05) is 0 Å². The second-order valence-electron chi connectivity index (χ2n) is 5.16. The molecule has 1 aromatic carbocycles. The zero-order valence-electron chi connectivity index (χ0n) is 12.1. The highest BCUT2D eigenvalue weighted by molar-refractivity contribution is 5.26. The van der Waals surface area contributed by atoms with Crippen LogP contribution in [0.5, 0.6) is 0 Å². The minimum absolute atomic E-state index is 0.507. The third-order valence-electron chi connectivity index (χ3n) is 2.76. The Bertz CT molecular complexity index is 337. The number of nitrogens with zero attached hydrogens (tertiary/aromatic N) is 1. The van der Waals surface area contributed by atoms with Crippen molar-refractivity contribution >= 4 is 0 Å². The lowest BCUT2D eigenvalue weighted by molar-refractivity contribution is 0.105. The van der Waals surface area contributed by atoms with Crippen LogP contribution in [0, 0.1) is 0 Å². The molecule has 0 aliphatic heterocycles. The first-order chi connectivity index (χ1) is 8.59. The fraction of sp³-hybridized carbons (Fsp3) is 0.600. The van der Waals surface area contributed by atoms with Crippen LogP contribution in [0.2, 0.25) is 0 Å². The van der Waals surface area contributed by atoms with E-state index in [4.69, 9.17) is 4.74 Å². The average Bonchev–Trinajstić information content (AvgIpc) is 2.33. The maximum atomic E-state index is 5.71. The molecule has 18 heavy (non-hydrogen) atoms. The van der Waals surface area contributed by atoms with Crippen molar-refractivity contribution in [1.82, 2.24) is 10.2 Å². The Balaban J connectivity index is 2.43. The van der Waals surface area contributed by atoms with Crippen LogP contribution < -0.4 is 5.32 Å². The molecule has 0 aliphatic rings. The van der Waals surface area contributed by atoms with Gasteiger partial charge in [0.05, 0.1) is 13.2 Å². The number of benzene rings is 1. The Morgan fingerprint density at radius 1 is 1.17 bits per heavy atom. The summed E-state index contributed by atoms with van der Waals surface area (Å²) in [6.07, 6.45) is 0. The molecular formula is C15H26N2O. The van der Waals surface area contributed by atoms with Crippen LogP contribution in [0.4, 0.5) is 0 Å². The molecule has 0 heterocycles. The second-order valence-corrected chi connectivity index (χ2v) is 5.16. The number of ether oxygens (including phenoxy) is 1. The summed E-state index contributed by atoms with van der Waals surface area (Å²) in [6.45, 7) is 7.67. The molecule has 102 valence electrons. The number of nitrogens with one attached hydrogen (secondary N) is 1. The summed E-state index contributed by atoms with van der Waals surface area (Å²) in [5, 5.41) is 3.45. The smallest absolute Gasteiger partial charge is 0.0720 e. The van der Waals surface area contributed by atoms with Crippen LogP contribution in [0.3, 0.4) is 0 Å². The summed E-state index contributed by atoms with van der Waals surface area (Å²) in [6, 6.07) is 8.98. The van der Waals surface area contributed by atoms with Gasteiger partial charge in [0.15, 0.2) is 0 Å². The second kappa shape index (κ2) is 8.25.